The Hall–Kier alpha value is -1.12. The normalized spacial score (nSPS) is 15.6. The van der Waals surface area contributed by atoms with E-state index in [0.717, 1.165) is 6.07 Å². The zero-order chi connectivity index (χ0) is 11.7. The topological polar surface area (TPSA) is 9.23 Å². The fraction of sp³-hybridized carbons (Fsp3) is 0.538. The standard InChI is InChI=1S/C13H16F2O/c1-8(2)12-11(16-7-9-3-4-9)6-5-10(14)13(12)15/h5-6,8-9H,3-4,7H2,1-2H3. The van der Waals surface area contributed by atoms with Crippen LogP contribution in [0.1, 0.15) is 38.2 Å². The van der Waals surface area contributed by atoms with Crippen LogP contribution >= 0.6 is 0 Å². The minimum Gasteiger partial charge on any atom is -0.493 e. The van der Waals surface area contributed by atoms with Gasteiger partial charge in [0.1, 0.15) is 5.75 Å². The van der Waals surface area contributed by atoms with E-state index in [9.17, 15) is 8.78 Å². The van der Waals surface area contributed by atoms with Crippen LogP contribution in [0.4, 0.5) is 8.78 Å². The molecule has 1 fully saturated rings. The van der Waals surface area contributed by atoms with Gasteiger partial charge in [0, 0.05) is 5.56 Å². The highest BCUT2D eigenvalue weighted by Gasteiger charge is 2.24. The maximum absolute atomic E-state index is 13.6. The van der Waals surface area contributed by atoms with Gasteiger partial charge >= 0.3 is 0 Å². The molecule has 16 heavy (non-hydrogen) atoms. The summed E-state index contributed by atoms with van der Waals surface area (Å²) in [6, 6.07) is 2.65. The third-order valence-corrected chi connectivity index (χ3v) is 2.84. The second kappa shape index (κ2) is 4.40. The first-order valence-corrected chi connectivity index (χ1v) is 5.70. The van der Waals surface area contributed by atoms with Gasteiger partial charge in [-0.15, -0.1) is 0 Å². The number of rotatable bonds is 4. The summed E-state index contributed by atoms with van der Waals surface area (Å²) in [6.45, 7) is 4.29. The summed E-state index contributed by atoms with van der Waals surface area (Å²) in [4.78, 5) is 0. The maximum Gasteiger partial charge on any atom is 0.165 e. The second-order valence-electron chi connectivity index (χ2n) is 4.68. The quantitative estimate of drug-likeness (QED) is 0.757. The Kier molecular flexibility index (Phi) is 3.13. The van der Waals surface area contributed by atoms with Crippen molar-refractivity contribution in [1.29, 1.82) is 0 Å². The third kappa shape index (κ3) is 2.34. The molecule has 0 radical (unpaired) electrons. The molecule has 0 amide bonds. The van der Waals surface area contributed by atoms with E-state index in [1.165, 1.54) is 18.9 Å². The molecule has 0 spiro atoms. The van der Waals surface area contributed by atoms with Crippen molar-refractivity contribution in [2.24, 2.45) is 5.92 Å². The molecule has 1 aromatic carbocycles. The van der Waals surface area contributed by atoms with E-state index < -0.39 is 11.6 Å². The van der Waals surface area contributed by atoms with E-state index >= 15 is 0 Å². The number of hydrogen-bond acceptors (Lipinski definition) is 1. The Bertz CT molecular complexity index is 384. The largest absolute Gasteiger partial charge is 0.493 e. The van der Waals surface area contributed by atoms with E-state index in [0.29, 0.717) is 23.8 Å². The van der Waals surface area contributed by atoms with E-state index in [-0.39, 0.29) is 5.92 Å². The van der Waals surface area contributed by atoms with Gasteiger partial charge < -0.3 is 4.74 Å². The van der Waals surface area contributed by atoms with Crippen LogP contribution in [0.2, 0.25) is 0 Å². The lowest BCUT2D eigenvalue weighted by molar-refractivity contribution is 0.292. The second-order valence-corrected chi connectivity index (χ2v) is 4.68. The van der Waals surface area contributed by atoms with Crippen molar-refractivity contribution in [3.05, 3.63) is 29.3 Å². The van der Waals surface area contributed by atoms with Gasteiger partial charge in [-0.1, -0.05) is 13.8 Å². The summed E-state index contributed by atoms with van der Waals surface area (Å²) in [7, 11) is 0. The average Bonchev–Trinajstić information content (AvgIpc) is 3.03. The highest BCUT2D eigenvalue weighted by atomic mass is 19.2. The van der Waals surface area contributed by atoms with Crippen LogP contribution in [0.3, 0.4) is 0 Å². The maximum atomic E-state index is 13.6. The molecule has 88 valence electrons. The molecule has 0 bridgehead atoms. The Morgan fingerprint density at radius 3 is 2.56 bits per heavy atom. The predicted octanol–water partition coefficient (Wildman–Crippen LogP) is 3.88. The van der Waals surface area contributed by atoms with E-state index in [1.54, 1.807) is 0 Å². The number of hydrogen-bond donors (Lipinski definition) is 0. The predicted molar refractivity (Wildman–Crippen MR) is 58.7 cm³/mol. The number of halogens is 2. The first-order chi connectivity index (χ1) is 7.59. The first-order valence-electron chi connectivity index (χ1n) is 5.70. The molecule has 1 aromatic rings. The minimum absolute atomic E-state index is 0.0788. The van der Waals surface area contributed by atoms with E-state index in [2.05, 4.69) is 0 Å². The van der Waals surface area contributed by atoms with Gasteiger partial charge in [-0.05, 0) is 36.8 Å². The zero-order valence-corrected chi connectivity index (χ0v) is 9.59. The van der Waals surface area contributed by atoms with Gasteiger partial charge in [0.2, 0.25) is 0 Å². The van der Waals surface area contributed by atoms with Crippen LogP contribution in [-0.4, -0.2) is 6.61 Å². The van der Waals surface area contributed by atoms with Gasteiger partial charge in [-0.2, -0.15) is 0 Å². The Balaban J connectivity index is 2.23. The molecule has 0 unspecified atom stereocenters. The first kappa shape index (κ1) is 11.4. The summed E-state index contributed by atoms with van der Waals surface area (Å²) in [5, 5.41) is 0. The van der Waals surface area contributed by atoms with Crippen LogP contribution in [0, 0.1) is 17.6 Å². The summed E-state index contributed by atoms with van der Waals surface area (Å²) in [5.74, 6) is -0.565. The van der Waals surface area contributed by atoms with Gasteiger partial charge in [-0.25, -0.2) is 8.78 Å². The fourth-order valence-electron chi connectivity index (χ4n) is 1.70. The van der Waals surface area contributed by atoms with E-state index in [4.69, 9.17) is 4.74 Å². The third-order valence-electron chi connectivity index (χ3n) is 2.84. The molecule has 1 saturated carbocycles. The summed E-state index contributed by atoms with van der Waals surface area (Å²) >= 11 is 0. The summed E-state index contributed by atoms with van der Waals surface area (Å²) < 4.78 is 32.2. The molecule has 1 aliphatic rings. The van der Waals surface area contributed by atoms with Crippen LogP contribution in [0.25, 0.3) is 0 Å². The lowest BCUT2D eigenvalue weighted by Gasteiger charge is -2.15. The molecule has 1 nitrogen and oxygen atoms in total. The van der Waals surface area contributed by atoms with Crippen molar-refractivity contribution in [2.45, 2.75) is 32.6 Å². The molecule has 0 atom stereocenters. The van der Waals surface area contributed by atoms with Crippen molar-refractivity contribution in [3.8, 4) is 5.75 Å². The Labute approximate surface area is 94.4 Å². The molecule has 0 aromatic heterocycles. The van der Waals surface area contributed by atoms with Crippen LogP contribution in [0.5, 0.6) is 5.75 Å². The molecular formula is C13H16F2O. The Morgan fingerprint density at radius 2 is 2.00 bits per heavy atom. The zero-order valence-electron chi connectivity index (χ0n) is 9.59. The van der Waals surface area contributed by atoms with Crippen molar-refractivity contribution >= 4 is 0 Å². The molecule has 0 heterocycles. The lowest BCUT2D eigenvalue weighted by atomic mass is 10.0. The monoisotopic (exact) mass is 226 g/mol. The highest BCUT2D eigenvalue weighted by Crippen LogP contribution is 2.34. The molecule has 2 rings (SSSR count). The van der Waals surface area contributed by atoms with Gasteiger partial charge in [0.05, 0.1) is 6.61 Å². The molecule has 0 N–H and O–H groups in total. The van der Waals surface area contributed by atoms with Crippen LogP contribution < -0.4 is 4.74 Å². The summed E-state index contributed by atoms with van der Waals surface area (Å²) in [5.41, 5.74) is 0.348. The smallest absolute Gasteiger partial charge is 0.165 e. The van der Waals surface area contributed by atoms with Crippen molar-refractivity contribution in [1.82, 2.24) is 0 Å². The van der Waals surface area contributed by atoms with Gasteiger partial charge in [0.15, 0.2) is 11.6 Å². The fourth-order valence-corrected chi connectivity index (χ4v) is 1.70. The molecule has 3 heteroatoms. The van der Waals surface area contributed by atoms with E-state index in [1.807, 2.05) is 13.8 Å². The van der Waals surface area contributed by atoms with Crippen molar-refractivity contribution in [2.75, 3.05) is 6.61 Å². The van der Waals surface area contributed by atoms with Crippen molar-refractivity contribution in [3.63, 3.8) is 0 Å². The number of ether oxygens (including phenoxy) is 1. The summed E-state index contributed by atoms with van der Waals surface area (Å²) in [6.07, 6.45) is 2.36. The average molecular weight is 226 g/mol. The lowest BCUT2D eigenvalue weighted by Crippen LogP contribution is -2.05. The number of benzene rings is 1. The Morgan fingerprint density at radius 1 is 1.31 bits per heavy atom. The molecule has 0 aliphatic heterocycles. The van der Waals surface area contributed by atoms with Gasteiger partial charge in [-0.3, -0.25) is 0 Å². The van der Waals surface area contributed by atoms with Crippen molar-refractivity contribution < 1.29 is 13.5 Å². The minimum atomic E-state index is -0.803. The van der Waals surface area contributed by atoms with Crippen LogP contribution in [0.15, 0.2) is 12.1 Å². The van der Waals surface area contributed by atoms with Gasteiger partial charge in [0.25, 0.3) is 0 Å². The molecular weight excluding hydrogens is 210 g/mol. The molecule has 1 aliphatic carbocycles. The highest BCUT2D eigenvalue weighted by molar-refractivity contribution is 5.37. The SMILES string of the molecule is CC(C)c1c(OCC2CC2)ccc(F)c1F. The van der Waals surface area contributed by atoms with Crippen LogP contribution in [-0.2, 0) is 0 Å². The molecule has 0 saturated heterocycles.